The SMILES string of the molecule is CN=C(NCCCOCC1CC1)NCCc1nc(C)c(C)s1.I. The van der Waals surface area contributed by atoms with Crippen LogP contribution in [-0.2, 0) is 11.2 Å². The number of aliphatic imine (C=N–C) groups is 1. The van der Waals surface area contributed by atoms with E-state index in [1.807, 2.05) is 0 Å². The number of aromatic nitrogens is 1. The van der Waals surface area contributed by atoms with Gasteiger partial charge in [0.15, 0.2) is 5.96 Å². The summed E-state index contributed by atoms with van der Waals surface area (Å²) in [6.45, 7) is 7.70. The molecule has 0 atom stereocenters. The molecule has 2 rings (SSSR count). The highest BCUT2D eigenvalue weighted by Crippen LogP contribution is 2.28. The van der Waals surface area contributed by atoms with Gasteiger partial charge in [-0.1, -0.05) is 0 Å². The number of hydrogen-bond acceptors (Lipinski definition) is 4. The summed E-state index contributed by atoms with van der Waals surface area (Å²) in [5, 5.41) is 7.83. The molecule has 0 bridgehead atoms. The maximum atomic E-state index is 5.62. The number of nitrogens with zero attached hydrogens (tertiary/aromatic N) is 2. The minimum absolute atomic E-state index is 0. The van der Waals surface area contributed by atoms with E-state index >= 15 is 0 Å². The minimum atomic E-state index is 0. The number of thiazole rings is 1. The summed E-state index contributed by atoms with van der Waals surface area (Å²) in [6, 6.07) is 0. The molecule has 2 N–H and O–H groups in total. The fourth-order valence-corrected chi connectivity index (χ4v) is 3.00. The van der Waals surface area contributed by atoms with E-state index in [0.29, 0.717) is 0 Å². The smallest absolute Gasteiger partial charge is 0.190 e. The Morgan fingerprint density at radius 2 is 2.04 bits per heavy atom. The molecule has 0 spiro atoms. The summed E-state index contributed by atoms with van der Waals surface area (Å²) < 4.78 is 5.62. The van der Waals surface area contributed by atoms with Crippen LogP contribution in [0.1, 0.15) is 34.8 Å². The molecule has 1 fully saturated rings. The molecule has 1 aromatic heterocycles. The highest BCUT2D eigenvalue weighted by molar-refractivity contribution is 14.0. The molecule has 5 nitrogen and oxygen atoms in total. The second-order valence-corrected chi connectivity index (χ2v) is 7.08. The van der Waals surface area contributed by atoms with Crippen molar-refractivity contribution < 1.29 is 4.74 Å². The summed E-state index contributed by atoms with van der Waals surface area (Å²) >= 11 is 1.78. The molecule has 0 aliphatic heterocycles. The van der Waals surface area contributed by atoms with Crippen molar-refractivity contribution in [1.82, 2.24) is 15.6 Å². The first-order valence-corrected chi connectivity index (χ1v) is 8.96. The molecule has 132 valence electrons. The lowest BCUT2D eigenvalue weighted by molar-refractivity contribution is 0.123. The highest BCUT2D eigenvalue weighted by Gasteiger charge is 2.20. The van der Waals surface area contributed by atoms with Crippen LogP contribution in [0, 0.1) is 19.8 Å². The summed E-state index contributed by atoms with van der Waals surface area (Å²) in [5.41, 5.74) is 1.15. The Morgan fingerprint density at radius 3 is 2.65 bits per heavy atom. The molecule has 1 heterocycles. The van der Waals surface area contributed by atoms with Crippen molar-refractivity contribution in [2.24, 2.45) is 10.9 Å². The molecule has 1 saturated carbocycles. The van der Waals surface area contributed by atoms with Crippen LogP contribution in [0.25, 0.3) is 0 Å². The Bertz CT molecular complexity index is 469. The van der Waals surface area contributed by atoms with E-state index in [1.165, 1.54) is 22.7 Å². The van der Waals surface area contributed by atoms with E-state index in [2.05, 4.69) is 34.5 Å². The largest absolute Gasteiger partial charge is 0.381 e. The predicted molar refractivity (Wildman–Crippen MR) is 108 cm³/mol. The number of guanidine groups is 1. The maximum absolute atomic E-state index is 5.62. The summed E-state index contributed by atoms with van der Waals surface area (Å²) in [4.78, 5) is 10.1. The van der Waals surface area contributed by atoms with Crippen LogP contribution in [0.2, 0.25) is 0 Å². The third kappa shape index (κ3) is 8.30. The Kier molecular flexibility index (Phi) is 10.0. The lowest BCUT2D eigenvalue weighted by atomic mass is 10.4. The topological polar surface area (TPSA) is 58.5 Å². The molecule has 23 heavy (non-hydrogen) atoms. The van der Waals surface area contributed by atoms with Gasteiger partial charge in [0, 0.05) is 44.6 Å². The zero-order valence-electron chi connectivity index (χ0n) is 14.4. The molecule has 0 amide bonds. The molecular weight excluding hydrogens is 423 g/mol. The number of rotatable bonds is 9. The zero-order chi connectivity index (χ0) is 15.8. The van der Waals surface area contributed by atoms with Gasteiger partial charge in [-0.15, -0.1) is 35.3 Å². The van der Waals surface area contributed by atoms with Gasteiger partial charge < -0.3 is 15.4 Å². The second kappa shape index (κ2) is 11.2. The lowest BCUT2D eigenvalue weighted by Gasteiger charge is -2.11. The van der Waals surface area contributed by atoms with Gasteiger partial charge in [-0.05, 0) is 39.0 Å². The molecule has 1 aliphatic carbocycles. The fraction of sp³-hybridized carbons (Fsp3) is 0.750. The van der Waals surface area contributed by atoms with Crippen LogP contribution in [0.4, 0.5) is 0 Å². The van der Waals surface area contributed by atoms with Crippen molar-refractivity contribution in [3.05, 3.63) is 15.6 Å². The van der Waals surface area contributed by atoms with Gasteiger partial charge in [-0.3, -0.25) is 4.99 Å². The molecule has 0 aromatic carbocycles. The first-order valence-electron chi connectivity index (χ1n) is 8.14. The Balaban J connectivity index is 0.00000264. The molecule has 0 unspecified atom stereocenters. The van der Waals surface area contributed by atoms with E-state index < -0.39 is 0 Å². The number of halogens is 1. The van der Waals surface area contributed by atoms with Crippen LogP contribution in [0.3, 0.4) is 0 Å². The lowest BCUT2D eigenvalue weighted by Crippen LogP contribution is -2.39. The van der Waals surface area contributed by atoms with Gasteiger partial charge in [-0.2, -0.15) is 0 Å². The fourth-order valence-electron chi connectivity index (χ4n) is 2.07. The van der Waals surface area contributed by atoms with Crippen LogP contribution in [0.15, 0.2) is 4.99 Å². The average Bonchev–Trinajstić information content (AvgIpc) is 3.27. The van der Waals surface area contributed by atoms with E-state index in [9.17, 15) is 0 Å². The van der Waals surface area contributed by atoms with Gasteiger partial charge in [-0.25, -0.2) is 4.98 Å². The second-order valence-electron chi connectivity index (χ2n) is 5.80. The van der Waals surface area contributed by atoms with E-state index in [4.69, 9.17) is 4.74 Å². The van der Waals surface area contributed by atoms with Crippen LogP contribution >= 0.6 is 35.3 Å². The standard InChI is InChI=1S/C16H28N4OS.HI/c1-12-13(2)22-15(20-12)7-9-19-16(17-3)18-8-4-10-21-11-14-5-6-14;/h14H,4-11H2,1-3H3,(H2,17,18,19);1H. The number of aryl methyl sites for hydroxylation is 2. The Hall–Kier alpha value is -0.410. The number of nitrogens with one attached hydrogen (secondary N) is 2. The van der Waals surface area contributed by atoms with Gasteiger partial charge in [0.25, 0.3) is 0 Å². The Labute approximate surface area is 160 Å². The molecule has 1 aromatic rings. The molecule has 1 aliphatic rings. The van der Waals surface area contributed by atoms with Gasteiger partial charge >= 0.3 is 0 Å². The normalized spacial score (nSPS) is 14.5. The van der Waals surface area contributed by atoms with Crippen LogP contribution < -0.4 is 10.6 Å². The molecule has 7 heteroatoms. The van der Waals surface area contributed by atoms with Crippen LogP contribution in [-0.4, -0.2) is 44.3 Å². The predicted octanol–water partition coefficient (Wildman–Crippen LogP) is 2.90. The first-order chi connectivity index (χ1) is 10.7. The van der Waals surface area contributed by atoms with E-state index in [0.717, 1.165) is 56.7 Å². The van der Waals surface area contributed by atoms with Crippen LogP contribution in [0.5, 0.6) is 0 Å². The third-order valence-electron chi connectivity index (χ3n) is 3.74. The monoisotopic (exact) mass is 452 g/mol. The Morgan fingerprint density at radius 1 is 1.30 bits per heavy atom. The van der Waals surface area contributed by atoms with E-state index in [1.54, 1.807) is 18.4 Å². The zero-order valence-corrected chi connectivity index (χ0v) is 17.5. The average molecular weight is 452 g/mol. The molecule has 0 radical (unpaired) electrons. The van der Waals surface area contributed by atoms with E-state index in [-0.39, 0.29) is 24.0 Å². The van der Waals surface area contributed by atoms with Crippen molar-refractivity contribution in [2.75, 3.05) is 33.4 Å². The highest BCUT2D eigenvalue weighted by atomic mass is 127. The van der Waals surface area contributed by atoms with Crippen molar-refractivity contribution in [2.45, 2.75) is 39.5 Å². The van der Waals surface area contributed by atoms with Gasteiger partial charge in [0.2, 0.25) is 0 Å². The minimum Gasteiger partial charge on any atom is -0.381 e. The molecular formula is C16H29IN4OS. The molecule has 0 saturated heterocycles. The number of ether oxygens (including phenoxy) is 1. The summed E-state index contributed by atoms with van der Waals surface area (Å²) in [6.07, 6.45) is 4.66. The number of hydrogen-bond donors (Lipinski definition) is 2. The third-order valence-corrected chi connectivity index (χ3v) is 4.87. The van der Waals surface area contributed by atoms with Crippen molar-refractivity contribution >= 4 is 41.3 Å². The maximum Gasteiger partial charge on any atom is 0.190 e. The first kappa shape index (κ1) is 20.6. The van der Waals surface area contributed by atoms with Crippen molar-refractivity contribution in [3.63, 3.8) is 0 Å². The van der Waals surface area contributed by atoms with Crippen molar-refractivity contribution in [1.29, 1.82) is 0 Å². The summed E-state index contributed by atoms with van der Waals surface area (Å²) in [7, 11) is 1.80. The van der Waals surface area contributed by atoms with Gasteiger partial charge in [0.05, 0.1) is 10.7 Å². The van der Waals surface area contributed by atoms with Crippen molar-refractivity contribution in [3.8, 4) is 0 Å². The van der Waals surface area contributed by atoms with Gasteiger partial charge in [0.1, 0.15) is 0 Å². The quantitative estimate of drug-likeness (QED) is 0.262. The summed E-state index contributed by atoms with van der Waals surface area (Å²) in [5.74, 6) is 1.70.